The number of hydrogen-bond acceptors (Lipinski definition) is 4. The zero-order chi connectivity index (χ0) is 13.1. The summed E-state index contributed by atoms with van der Waals surface area (Å²) >= 11 is 0. The average molecular weight is 246 g/mol. The summed E-state index contributed by atoms with van der Waals surface area (Å²) in [7, 11) is 4.79. The van der Waals surface area contributed by atoms with E-state index in [2.05, 4.69) is 5.10 Å². The molecular weight excluding hydrogens is 232 g/mol. The molecule has 0 bridgehead atoms. The lowest BCUT2D eigenvalue weighted by atomic mass is 10.1. The lowest BCUT2D eigenvalue weighted by Crippen LogP contribution is -2.18. The van der Waals surface area contributed by atoms with Crippen LogP contribution in [0.15, 0.2) is 35.1 Å². The van der Waals surface area contributed by atoms with Crippen LogP contribution in [0.3, 0.4) is 0 Å². The molecule has 18 heavy (non-hydrogen) atoms. The zero-order valence-corrected chi connectivity index (χ0v) is 10.5. The van der Waals surface area contributed by atoms with Crippen molar-refractivity contribution in [3.63, 3.8) is 0 Å². The Bertz CT molecular complexity index is 620. The summed E-state index contributed by atoms with van der Waals surface area (Å²) in [6.07, 6.45) is 0. The van der Waals surface area contributed by atoms with Crippen molar-refractivity contribution in [2.45, 2.75) is 0 Å². The maximum absolute atomic E-state index is 11.3. The van der Waals surface area contributed by atoms with E-state index >= 15 is 0 Å². The first-order chi connectivity index (χ1) is 8.65. The smallest absolute Gasteiger partial charge is 0.266 e. The molecule has 2 aromatic rings. The van der Waals surface area contributed by atoms with Gasteiger partial charge >= 0.3 is 0 Å². The SMILES string of the molecule is COc1ccc(-c2ccc(=O)n(C)n2)c(OC)c1. The summed E-state index contributed by atoms with van der Waals surface area (Å²) < 4.78 is 11.7. The van der Waals surface area contributed by atoms with Gasteiger partial charge in [0.05, 0.1) is 19.9 Å². The van der Waals surface area contributed by atoms with Gasteiger partial charge in [0.1, 0.15) is 11.5 Å². The highest BCUT2D eigenvalue weighted by Gasteiger charge is 2.09. The molecule has 0 atom stereocenters. The van der Waals surface area contributed by atoms with E-state index in [1.165, 1.54) is 10.7 Å². The van der Waals surface area contributed by atoms with Gasteiger partial charge in [-0.15, -0.1) is 0 Å². The third kappa shape index (κ3) is 2.20. The second-order valence-corrected chi connectivity index (χ2v) is 3.75. The maximum Gasteiger partial charge on any atom is 0.266 e. The molecule has 5 heteroatoms. The van der Waals surface area contributed by atoms with Gasteiger partial charge in [-0.1, -0.05) is 0 Å². The van der Waals surface area contributed by atoms with Gasteiger partial charge in [0.15, 0.2) is 0 Å². The summed E-state index contributed by atoms with van der Waals surface area (Å²) in [5.41, 5.74) is 1.34. The van der Waals surface area contributed by atoms with Crippen LogP contribution in [0.4, 0.5) is 0 Å². The van der Waals surface area contributed by atoms with Crippen LogP contribution in [0.2, 0.25) is 0 Å². The van der Waals surface area contributed by atoms with Crippen molar-refractivity contribution in [1.82, 2.24) is 9.78 Å². The van der Waals surface area contributed by atoms with E-state index in [0.29, 0.717) is 17.2 Å². The molecular formula is C13H14N2O3. The zero-order valence-electron chi connectivity index (χ0n) is 10.5. The molecule has 5 nitrogen and oxygen atoms in total. The van der Waals surface area contributed by atoms with Crippen LogP contribution >= 0.6 is 0 Å². The number of rotatable bonds is 3. The van der Waals surface area contributed by atoms with Crippen LogP contribution in [0.1, 0.15) is 0 Å². The normalized spacial score (nSPS) is 10.2. The number of benzene rings is 1. The summed E-state index contributed by atoms with van der Waals surface area (Å²) in [6.45, 7) is 0. The van der Waals surface area contributed by atoms with E-state index in [-0.39, 0.29) is 5.56 Å². The molecule has 0 aliphatic rings. The van der Waals surface area contributed by atoms with Crippen molar-refractivity contribution in [2.24, 2.45) is 7.05 Å². The molecule has 94 valence electrons. The van der Waals surface area contributed by atoms with Crippen LogP contribution in [0.25, 0.3) is 11.3 Å². The fraction of sp³-hybridized carbons (Fsp3) is 0.231. The van der Waals surface area contributed by atoms with Crippen molar-refractivity contribution >= 4 is 0 Å². The highest BCUT2D eigenvalue weighted by atomic mass is 16.5. The molecule has 0 aliphatic carbocycles. The fourth-order valence-electron chi connectivity index (χ4n) is 1.66. The molecule has 0 aliphatic heterocycles. The minimum atomic E-state index is -0.147. The van der Waals surface area contributed by atoms with E-state index in [4.69, 9.17) is 9.47 Å². The molecule has 0 saturated heterocycles. The topological polar surface area (TPSA) is 53.4 Å². The second kappa shape index (κ2) is 4.91. The molecule has 0 amide bonds. The molecule has 2 rings (SSSR count). The Kier molecular flexibility index (Phi) is 3.32. The molecule has 0 N–H and O–H groups in total. The van der Waals surface area contributed by atoms with Gasteiger partial charge in [-0.25, -0.2) is 4.68 Å². The lowest BCUT2D eigenvalue weighted by molar-refractivity contribution is 0.395. The Hall–Kier alpha value is -2.30. The van der Waals surface area contributed by atoms with E-state index < -0.39 is 0 Å². The maximum atomic E-state index is 11.3. The summed E-state index contributed by atoms with van der Waals surface area (Å²) in [6, 6.07) is 8.61. The molecule has 0 fully saturated rings. The average Bonchev–Trinajstić information content (AvgIpc) is 2.41. The van der Waals surface area contributed by atoms with Gasteiger partial charge in [-0.3, -0.25) is 4.79 Å². The predicted octanol–water partition coefficient (Wildman–Crippen LogP) is 1.46. The van der Waals surface area contributed by atoms with Crippen LogP contribution < -0.4 is 15.0 Å². The lowest BCUT2D eigenvalue weighted by Gasteiger charge is -2.10. The first kappa shape index (κ1) is 12.2. The number of hydrogen-bond donors (Lipinski definition) is 0. The van der Waals surface area contributed by atoms with Crippen molar-refractivity contribution in [1.29, 1.82) is 0 Å². The number of methoxy groups -OCH3 is 2. The highest BCUT2D eigenvalue weighted by molar-refractivity contribution is 5.68. The van der Waals surface area contributed by atoms with Gasteiger partial charge < -0.3 is 9.47 Å². The van der Waals surface area contributed by atoms with Gasteiger partial charge in [-0.2, -0.15) is 5.10 Å². The minimum Gasteiger partial charge on any atom is -0.497 e. The molecule has 0 radical (unpaired) electrons. The first-order valence-corrected chi connectivity index (χ1v) is 5.42. The van der Waals surface area contributed by atoms with Crippen LogP contribution in [0, 0.1) is 0 Å². The standard InChI is InChI=1S/C13H14N2O3/c1-15-13(16)7-6-11(14-15)10-5-4-9(17-2)8-12(10)18-3/h4-8H,1-3H3. The summed E-state index contributed by atoms with van der Waals surface area (Å²) in [4.78, 5) is 11.3. The van der Waals surface area contributed by atoms with Crippen LogP contribution in [-0.4, -0.2) is 24.0 Å². The molecule has 1 aromatic heterocycles. The third-order valence-corrected chi connectivity index (χ3v) is 2.65. The van der Waals surface area contributed by atoms with Crippen LogP contribution in [-0.2, 0) is 7.05 Å². The Morgan fingerprint density at radius 2 is 1.89 bits per heavy atom. The fourth-order valence-corrected chi connectivity index (χ4v) is 1.66. The van der Waals surface area contributed by atoms with Crippen molar-refractivity contribution < 1.29 is 9.47 Å². The van der Waals surface area contributed by atoms with Crippen molar-refractivity contribution in [3.8, 4) is 22.8 Å². The highest BCUT2D eigenvalue weighted by Crippen LogP contribution is 2.31. The molecule has 0 spiro atoms. The Morgan fingerprint density at radius 1 is 1.11 bits per heavy atom. The van der Waals surface area contributed by atoms with Gasteiger partial charge in [0.2, 0.25) is 0 Å². The predicted molar refractivity (Wildman–Crippen MR) is 68.0 cm³/mol. The first-order valence-electron chi connectivity index (χ1n) is 5.42. The van der Waals surface area contributed by atoms with E-state index in [0.717, 1.165) is 5.56 Å². The van der Waals surface area contributed by atoms with Crippen LogP contribution in [0.5, 0.6) is 11.5 Å². The summed E-state index contributed by atoms with van der Waals surface area (Å²) in [5, 5.41) is 4.19. The minimum absolute atomic E-state index is 0.147. The number of nitrogens with zero attached hydrogens (tertiary/aromatic N) is 2. The van der Waals surface area contributed by atoms with E-state index in [1.807, 2.05) is 12.1 Å². The van der Waals surface area contributed by atoms with Crippen molar-refractivity contribution in [3.05, 3.63) is 40.7 Å². The monoisotopic (exact) mass is 246 g/mol. The Labute approximate surface area is 105 Å². The van der Waals surface area contributed by atoms with Crippen molar-refractivity contribution in [2.75, 3.05) is 14.2 Å². The van der Waals surface area contributed by atoms with Gasteiger partial charge in [0, 0.05) is 24.7 Å². The molecule has 1 aromatic carbocycles. The number of ether oxygens (including phenoxy) is 2. The quantitative estimate of drug-likeness (QED) is 0.822. The molecule has 0 unspecified atom stereocenters. The summed E-state index contributed by atoms with van der Waals surface area (Å²) in [5.74, 6) is 1.36. The Morgan fingerprint density at radius 3 is 2.50 bits per heavy atom. The number of aryl methyl sites for hydroxylation is 1. The second-order valence-electron chi connectivity index (χ2n) is 3.75. The van der Waals surface area contributed by atoms with Gasteiger partial charge in [-0.05, 0) is 18.2 Å². The molecule has 1 heterocycles. The number of aromatic nitrogens is 2. The van der Waals surface area contributed by atoms with Gasteiger partial charge in [0.25, 0.3) is 5.56 Å². The molecule has 0 saturated carbocycles. The Balaban J connectivity index is 2.55. The van der Waals surface area contributed by atoms with E-state index in [9.17, 15) is 4.79 Å². The largest absolute Gasteiger partial charge is 0.497 e. The van der Waals surface area contributed by atoms with E-state index in [1.54, 1.807) is 33.4 Å². The third-order valence-electron chi connectivity index (χ3n) is 2.65.